The minimum atomic E-state index is -1.29. The lowest BCUT2D eigenvalue weighted by Crippen LogP contribution is -2.19. The van der Waals surface area contributed by atoms with Crippen LogP contribution in [-0.2, 0) is 15.4 Å². The molecule has 0 saturated carbocycles. The maximum absolute atomic E-state index is 11.1. The maximum Gasteiger partial charge on any atom is 0.238 e. The molecule has 136 valence electrons. The molecule has 25 heavy (non-hydrogen) atoms. The van der Waals surface area contributed by atoms with Gasteiger partial charge in [-0.1, -0.05) is 60.5 Å². The van der Waals surface area contributed by atoms with E-state index in [2.05, 4.69) is 51.1 Å². The van der Waals surface area contributed by atoms with E-state index in [1.54, 1.807) is 0 Å². The highest BCUT2D eigenvalue weighted by atomic mass is 32.2. The van der Waals surface area contributed by atoms with E-state index in [1.807, 2.05) is 25.2 Å². The Morgan fingerprint density at radius 3 is 2.64 bits per heavy atom. The number of oxime groups is 1. The summed E-state index contributed by atoms with van der Waals surface area (Å²) in [4.78, 5) is 0. The molecule has 0 spiro atoms. The number of rotatable bonds is 5. The van der Waals surface area contributed by atoms with E-state index in [0.717, 1.165) is 11.3 Å². The summed E-state index contributed by atoms with van der Waals surface area (Å²) in [5.74, 6) is 0.368. The van der Waals surface area contributed by atoms with E-state index < -0.39 is 11.1 Å². The van der Waals surface area contributed by atoms with Gasteiger partial charge in [0, 0.05) is 0 Å². The van der Waals surface area contributed by atoms with E-state index in [9.17, 15) is 4.21 Å². The minimum absolute atomic E-state index is 0.276. The van der Waals surface area contributed by atoms with Crippen molar-refractivity contribution in [1.29, 1.82) is 0 Å². The second kappa shape index (κ2) is 8.61. The largest absolute Gasteiger partial charge is 0.292 e. The van der Waals surface area contributed by atoms with Gasteiger partial charge >= 0.3 is 0 Å². The van der Waals surface area contributed by atoms with Gasteiger partial charge in [0.05, 0.1) is 5.71 Å². The Kier molecular flexibility index (Phi) is 6.77. The second-order valence-corrected chi connectivity index (χ2v) is 8.57. The molecule has 1 aliphatic heterocycles. The van der Waals surface area contributed by atoms with Crippen molar-refractivity contribution in [1.82, 2.24) is 0 Å². The van der Waals surface area contributed by atoms with Gasteiger partial charge in [-0.15, -0.1) is 0 Å². The van der Waals surface area contributed by atoms with Crippen LogP contribution < -0.4 is 0 Å². The standard InChI is InChI=1S/C21H29NO2S/c1-16(11-12-20-18(3)10-7-13-21(20,4)5)8-6-9-17(2)14-19-15-25(23)24-22-19/h6,8-9,11-12,14H,7,10,13,15H2,1-5H3/b9-6+,12-11+,16-8+,17-14+/t25-/m0/s1. The fourth-order valence-electron chi connectivity index (χ4n) is 3.27. The van der Waals surface area contributed by atoms with Crippen LogP contribution in [0.1, 0.15) is 53.9 Å². The average molecular weight is 360 g/mol. The van der Waals surface area contributed by atoms with Crippen LogP contribution in [0.4, 0.5) is 0 Å². The van der Waals surface area contributed by atoms with Gasteiger partial charge in [0.2, 0.25) is 11.1 Å². The van der Waals surface area contributed by atoms with Gasteiger partial charge < -0.3 is 0 Å². The van der Waals surface area contributed by atoms with Crippen LogP contribution >= 0.6 is 0 Å². The first kappa shape index (κ1) is 19.6. The Bertz CT molecular complexity index is 718. The zero-order valence-corrected chi connectivity index (χ0v) is 16.8. The summed E-state index contributed by atoms with van der Waals surface area (Å²) in [6.45, 7) is 11.0. The maximum atomic E-state index is 11.1. The van der Waals surface area contributed by atoms with Crippen LogP contribution in [0.3, 0.4) is 0 Å². The normalized spacial score (nSPS) is 25.0. The quantitative estimate of drug-likeness (QED) is 0.602. The smallest absolute Gasteiger partial charge is 0.238 e. The molecule has 1 heterocycles. The lowest BCUT2D eigenvalue weighted by Gasteiger charge is -2.32. The molecular weight excluding hydrogens is 330 g/mol. The fraction of sp³-hybridized carbons (Fsp3) is 0.476. The zero-order valence-electron chi connectivity index (χ0n) is 16.0. The van der Waals surface area contributed by atoms with Gasteiger partial charge in [-0.05, 0) is 62.7 Å². The van der Waals surface area contributed by atoms with E-state index in [0.29, 0.717) is 5.75 Å². The molecule has 0 amide bonds. The van der Waals surface area contributed by atoms with Crippen LogP contribution in [0.25, 0.3) is 0 Å². The molecule has 0 fully saturated rings. The third-order valence-electron chi connectivity index (χ3n) is 4.67. The summed E-state index contributed by atoms with van der Waals surface area (Å²) in [6, 6.07) is 0. The lowest BCUT2D eigenvalue weighted by molar-refractivity contribution is 0.377. The molecule has 0 N–H and O–H groups in total. The second-order valence-electron chi connectivity index (χ2n) is 7.53. The van der Waals surface area contributed by atoms with E-state index >= 15 is 0 Å². The van der Waals surface area contributed by atoms with Crippen LogP contribution in [0, 0.1) is 5.41 Å². The van der Waals surface area contributed by atoms with Crippen LogP contribution in [0.15, 0.2) is 63.9 Å². The van der Waals surface area contributed by atoms with Crippen molar-refractivity contribution in [2.75, 3.05) is 5.75 Å². The summed E-state index contributed by atoms with van der Waals surface area (Å²) >= 11 is -1.29. The molecule has 1 aliphatic carbocycles. The molecule has 0 bridgehead atoms. The highest BCUT2D eigenvalue weighted by molar-refractivity contribution is 7.81. The molecule has 0 saturated heterocycles. The number of allylic oxidation sites excluding steroid dienone is 10. The lowest BCUT2D eigenvalue weighted by atomic mass is 9.72. The number of nitrogens with zero attached hydrogens (tertiary/aromatic N) is 1. The first-order valence-electron chi connectivity index (χ1n) is 8.82. The monoisotopic (exact) mass is 359 g/mol. The predicted molar refractivity (Wildman–Crippen MR) is 108 cm³/mol. The first-order chi connectivity index (χ1) is 11.8. The minimum Gasteiger partial charge on any atom is -0.292 e. The fourth-order valence-corrected chi connectivity index (χ4v) is 3.88. The van der Waals surface area contributed by atoms with Crippen molar-refractivity contribution in [2.45, 2.75) is 53.9 Å². The summed E-state index contributed by atoms with van der Waals surface area (Å²) < 4.78 is 15.8. The zero-order chi connectivity index (χ0) is 18.4. The Hall–Kier alpha value is -1.68. The van der Waals surface area contributed by atoms with Crippen molar-refractivity contribution < 1.29 is 8.49 Å². The van der Waals surface area contributed by atoms with Gasteiger partial charge in [0.25, 0.3) is 0 Å². The average Bonchev–Trinajstić information content (AvgIpc) is 2.91. The molecule has 0 aromatic rings. The summed E-state index contributed by atoms with van der Waals surface area (Å²) in [5, 5.41) is 3.78. The van der Waals surface area contributed by atoms with Crippen LogP contribution in [-0.4, -0.2) is 15.7 Å². The number of hydrogen-bond donors (Lipinski definition) is 0. The van der Waals surface area contributed by atoms with Crippen molar-refractivity contribution in [2.24, 2.45) is 10.6 Å². The summed E-state index contributed by atoms with van der Waals surface area (Å²) in [7, 11) is 0. The first-order valence-corrected chi connectivity index (χ1v) is 10.1. The van der Waals surface area contributed by atoms with E-state index in [4.69, 9.17) is 4.28 Å². The molecule has 1 atom stereocenters. The molecule has 0 radical (unpaired) electrons. The SMILES string of the molecule is CC1=C(/C=C/C(C)=C/C=C/C(C)=C/C2=NO[S@](=O)C2)C(C)(C)CCC1. The van der Waals surface area contributed by atoms with E-state index in [1.165, 1.54) is 36.0 Å². The summed E-state index contributed by atoms with van der Waals surface area (Å²) in [6.07, 6.45) is 16.3. The molecule has 0 aromatic carbocycles. The number of hydrogen-bond acceptors (Lipinski definition) is 3. The van der Waals surface area contributed by atoms with Gasteiger partial charge in [0.1, 0.15) is 5.75 Å². The van der Waals surface area contributed by atoms with Gasteiger partial charge in [-0.3, -0.25) is 4.28 Å². The van der Waals surface area contributed by atoms with Gasteiger partial charge in [-0.2, -0.15) is 0 Å². The molecule has 2 aliphatic rings. The molecular formula is C21H29NO2S. The van der Waals surface area contributed by atoms with Crippen molar-refractivity contribution in [3.8, 4) is 0 Å². The Morgan fingerprint density at radius 2 is 2.00 bits per heavy atom. The third kappa shape index (κ3) is 5.96. The predicted octanol–water partition coefficient (Wildman–Crippen LogP) is 5.57. The highest BCUT2D eigenvalue weighted by Crippen LogP contribution is 2.40. The molecule has 0 aromatic heterocycles. The highest BCUT2D eigenvalue weighted by Gasteiger charge is 2.26. The Balaban J connectivity index is 1.99. The van der Waals surface area contributed by atoms with Crippen molar-refractivity contribution in [3.05, 3.63) is 58.7 Å². The topological polar surface area (TPSA) is 38.7 Å². The van der Waals surface area contributed by atoms with Crippen molar-refractivity contribution in [3.63, 3.8) is 0 Å². The van der Waals surface area contributed by atoms with Gasteiger partial charge in [-0.25, -0.2) is 4.21 Å². The van der Waals surface area contributed by atoms with Crippen LogP contribution in [0.5, 0.6) is 0 Å². The third-order valence-corrected chi connectivity index (χ3v) is 5.44. The molecule has 4 heteroatoms. The van der Waals surface area contributed by atoms with Crippen molar-refractivity contribution >= 4 is 16.8 Å². The summed E-state index contributed by atoms with van der Waals surface area (Å²) in [5.41, 5.74) is 6.28. The Morgan fingerprint density at radius 1 is 1.24 bits per heavy atom. The molecule has 3 nitrogen and oxygen atoms in total. The molecule has 2 rings (SSSR count). The Labute approximate surface area is 154 Å². The van der Waals surface area contributed by atoms with Gasteiger partial charge in [0.15, 0.2) is 0 Å². The van der Waals surface area contributed by atoms with Crippen LogP contribution in [0.2, 0.25) is 0 Å². The van der Waals surface area contributed by atoms with E-state index in [-0.39, 0.29) is 5.41 Å². The molecule has 0 unspecified atom stereocenters.